The van der Waals surface area contributed by atoms with Crippen LogP contribution >= 0.6 is 27.3 Å². The summed E-state index contributed by atoms with van der Waals surface area (Å²) in [5.41, 5.74) is 0.927. The van der Waals surface area contributed by atoms with E-state index >= 15 is 0 Å². The number of carbonyl (C=O) groups is 1. The number of ether oxygens (including phenoxy) is 1. The maximum atomic E-state index is 11.4. The number of carboxylic acid groups (broad SMARTS) is 1. The largest absolute Gasteiger partial charge is 0.476 e. The highest BCUT2D eigenvalue weighted by molar-refractivity contribution is 9.10. The molecule has 0 aliphatic heterocycles. The van der Waals surface area contributed by atoms with Crippen molar-refractivity contribution in [2.75, 3.05) is 0 Å². The summed E-state index contributed by atoms with van der Waals surface area (Å²) in [5.74, 6) is -0.378. The first-order chi connectivity index (χ1) is 9.56. The van der Waals surface area contributed by atoms with Crippen molar-refractivity contribution in [3.05, 3.63) is 45.5 Å². The SMILES string of the molecule is Cc1cc(Br)ccc1Oc1nc2sccn2c1C(=O)O. The molecule has 3 rings (SSSR count). The number of hydrogen-bond acceptors (Lipinski definition) is 4. The Morgan fingerprint density at radius 1 is 1.50 bits per heavy atom. The molecule has 0 aliphatic carbocycles. The van der Waals surface area contributed by atoms with Gasteiger partial charge in [-0.15, -0.1) is 11.3 Å². The smallest absolute Gasteiger partial charge is 0.358 e. The molecule has 20 heavy (non-hydrogen) atoms. The minimum atomic E-state index is -1.07. The van der Waals surface area contributed by atoms with Gasteiger partial charge >= 0.3 is 5.97 Å². The van der Waals surface area contributed by atoms with Gasteiger partial charge in [0.2, 0.25) is 0 Å². The van der Waals surface area contributed by atoms with Gasteiger partial charge in [-0.3, -0.25) is 4.40 Å². The van der Waals surface area contributed by atoms with Crippen LogP contribution in [0.5, 0.6) is 11.6 Å². The molecule has 1 aromatic carbocycles. The maximum absolute atomic E-state index is 11.4. The van der Waals surface area contributed by atoms with Crippen LogP contribution in [0, 0.1) is 6.92 Å². The van der Waals surface area contributed by atoms with Crippen molar-refractivity contribution < 1.29 is 14.6 Å². The third-order valence-electron chi connectivity index (χ3n) is 2.78. The fourth-order valence-corrected chi connectivity index (χ4v) is 3.04. The van der Waals surface area contributed by atoms with E-state index in [1.54, 1.807) is 17.6 Å². The predicted octanol–water partition coefficient (Wildman–Crippen LogP) is 3.96. The van der Waals surface area contributed by atoms with Crippen molar-refractivity contribution in [1.82, 2.24) is 9.38 Å². The first kappa shape index (κ1) is 13.1. The molecule has 0 aliphatic rings. The Kier molecular flexibility index (Phi) is 3.23. The zero-order chi connectivity index (χ0) is 14.3. The van der Waals surface area contributed by atoms with E-state index in [1.807, 2.05) is 19.1 Å². The molecule has 0 spiro atoms. The molecule has 3 aromatic rings. The van der Waals surface area contributed by atoms with Gasteiger partial charge in [0.25, 0.3) is 5.88 Å². The molecule has 2 aromatic heterocycles. The van der Waals surface area contributed by atoms with E-state index in [-0.39, 0.29) is 11.6 Å². The number of halogens is 1. The van der Waals surface area contributed by atoms with E-state index in [4.69, 9.17) is 4.74 Å². The molecule has 0 saturated carbocycles. The Morgan fingerprint density at radius 3 is 3.00 bits per heavy atom. The minimum absolute atomic E-state index is 0.0311. The van der Waals surface area contributed by atoms with Crippen LogP contribution in [0.4, 0.5) is 0 Å². The van der Waals surface area contributed by atoms with E-state index in [9.17, 15) is 9.90 Å². The summed E-state index contributed by atoms with van der Waals surface area (Å²) in [6.07, 6.45) is 1.66. The normalized spacial score (nSPS) is 10.9. The molecule has 0 fully saturated rings. The zero-order valence-electron chi connectivity index (χ0n) is 10.3. The fraction of sp³-hybridized carbons (Fsp3) is 0.0769. The number of benzene rings is 1. The van der Waals surface area contributed by atoms with Crippen molar-refractivity contribution in [2.24, 2.45) is 0 Å². The number of aromatic nitrogens is 2. The predicted molar refractivity (Wildman–Crippen MR) is 79.0 cm³/mol. The number of thiazole rings is 1. The lowest BCUT2D eigenvalue weighted by molar-refractivity contribution is 0.0686. The van der Waals surface area contributed by atoms with Crippen LogP contribution in [0.1, 0.15) is 16.1 Å². The number of rotatable bonds is 3. The van der Waals surface area contributed by atoms with Gasteiger partial charge in [0, 0.05) is 16.0 Å². The van der Waals surface area contributed by atoms with Gasteiger partial charge in [0.1, 0.15) is 5.75 Å². The highest BCUT2D eigenvalue weighted by atomic mass is 79.9. The molecule has 0 atom stereocenters. The minimum Gasteiger partial charge on any atom is -0.476 e. The maximum Gasteiger partial charge on any atom is 0.358 e. The van der Waals surface area contributed by atoms with Crippen LogP contribution < -0.4 is 4.74 Å². The van der Waals surface area contributed by atoms with Crippen molar-refractivity contribution in [2.45, 2.75) is 6.92 Å². The number of fused-ring (bicyclic) bond motifs is 1. The van der Waals surface area contributed by atoms with E-state index in [2.05, 4.69) is 20.9 Å². The quantitative estimate of drug-likeness (QED) is 0.774. The van der Waals surface area contributed by atoms with Gasteiger partial charge in [-0.05, 0) is 30.7 Å². The van der Waals surface area contributed by atoms with E-state index < -0.39 is 5.97 Å². The molecule has 1 N–H and O–H groups in total. The zero-order valence-corrected chi connectivity index (χ0v) is 12.7. The Hall–Kier alpha value is -1.86. The molecule has 5 nitrogen and oxygen atoms in total. The average molecular weight is 353 g/mol. The summed E-state index contributed by atoms with van der Waals surface area (Å²) in [4.78, 5) is 16.2. The van der Waals surface area contributed by atoms with Gasteiger partial charge in [-0.1, -0.05) is 15.9 Å². The molecular formula is C13H9BrN2O3S. The first-order valence-electron chi connectivity index (χ1n) is 5.69. The second-order valence-corrected chi connectivity index (χ2v) is 5.93. The second-order valence-electron chi connectivity index (χ2n) is 4.14. The lowest BCUT2D eigenvalue weighted by Gasteiger charge is -2.07. The second kappa shape index (κ2) is 4.92. The molecule has 0 radical (unpaired) electrons. The van der Waals surface area contributed by atoms with E-state index in [0.29, 0.717) is 10.7 Å². The third kappa shape index (κ3) is 2.19. The molecular weight excluding hydrogens is 344 g/mol. The van der Waals surface area contributed by atoms with Crippen molar-refractivity contribution in [3.8, 4) is 11.6 Å². The van der Waals surface area contributed by atoms with Gasteiger partial charge in [0.05, 0.1) is 0 Å². The molecule has 0 bridgehead atoms. The van der Waals surface area contributed by atoms with Gasteiger partial charge < -0.3 is 9.84 Å². The van der Waals surface area contributed by atoms with Gasteiger partial charge in [0.15, 0.2) is 10.7 Å². The van der Waals surface area contributed by atoms with Crippen molar-refractivity contribution in [1.29, 1.82) is 0 Å². The number of nitrogens with zero attached hydrogens (tertiary/aromatic N) is 2. The Bertz CT molecular complexity index is 809. The van der Waals surface area contributed by atoms with Crippen LogP contribution in [0.15, 0.2) is 34.2 Å². The molecule has 7 heteroatoms. The van der Waals surface area contributed by atoms with Crippen LogP contribution in [0.2, 0.25) is 0 Å². The van der Waals surface area contributed by atoms with Crippen LogP contribution in [0.3, 0.4) is 0 Å². The molecule has 0 saturated heterocycles. The number of imidazole rings is 1. The number of aryl methyl sites for hydroxylation is 1. The summed E-state index contributed by atoms with van der Waals surface area (Å²) >= 11 is 4.73. The monoisotopic (exact) mass is 352 g/mol. The van der Waals surface area contributed by atoms with Crippen molar-refractivity contribution >= 4 is 38.2 Å². The summed E-state index contributed by atoms with van der Waals surface area (Å²) in [7, 11) is 0. The standard InChI is InChI=1S/C13H9BrN2O3S/c1-7-6-8(14)2-3-9(7)19-11-10(12(17)18)16-4-5-20-13(16)15-11/h2-6H,1H3,(H,17,18). The highest BCUT2D eigenvalue weighted by Crippen LogP contribution is 2.30. The molecule has 0 unspecified atom stereocenters. The lowest BCUT2D eigenvalue weighted by Crippen LogP contribution is -2.03. The van der Waals surface area contributed by atoms with Gasteiger partial charge in [-0.25, -0.2) is 4.79 Å². The molecule has 102 valence electrons. The fourth-order valence-electron chi connectivity index (χ4n) is 1.86. The van der Waals surface area contributed by atoms with E-state index in [0.717, 1.165) is 10.0 Å². The van der Waals surface area contributed by atoms with Gasteiger partial charge in [-0.2, -0.15) is 4.98 Å². The summed E-state index contributed by atoms with van der Waals surface area (Å²) in [6, 6.07) is 5.51. The summed E-state index contributed by atoms with van der Waals surface area (Å²) in [6.45, 7) is 1.89. The van der Waals surface area contributed by atoms with Crippen molar-refractivity contribution in [3.63, 3.8) is 0 Å². The Morgan fingerprint density at radius 2 is 2.30 bits per heavy atom. The molecule has 0 amide bonds. The Labute approximate surface area is 126 Å². The van der Waals surface area contributed by atoms with Crippen LogP contribution in [0.25, 0.3) is 4.96 Å². The summed E-state index contributed by atoms with van der Waals surface area (Å²) in [5, 5.41) is 11.1. The Balaban J connectivity index is 2.08. The van der Waals surface area contributed by atoms with Crippen LogP contribution in [-0.2, 0) is 0 Å². The third-order valence-corrected chi connectivity index (χ3v) is 4.03. The number of hydrogen-bond donors (Lipinski definition) is 1. The number of carboxylic acids is 1. The van der Waals surface area contributed by atoms with Crippen LogP contribution in [-0.4, -0.2) is 20.5 Å². The number of aromatic carboxylic acids is 1. The average Bonchev–Trinajstić information content (AvgIpc) is 2.91. The summed E-state index contributed by atoms with van der Waals surface area (Å²) < 4.78 is 8.12. The molecule has 2 heterocycles. The highest BCUT2D eigenvalue weighted by Gasteiger charge is 2.21. The van der Waals surface area contributed by atoms with E-state index in [1.165, 1.54) is 15.7 Å². The topological polar surface area (TPSA) is 63.8 Å². The first-order valence-corrected chi connectivity index (χ1v) is 7.36. The lowest BCUT2D eigenvalue weighted by atomic mass is 10.2.